The van der Waals surface area contributed by atoms with Gasteiger partial charge in [0, 0.05) is 5.02 Å². The molecule has 0 fully saturated rings. The molecular weight excluding hydrogens is 282 g/mol. The van der Waals surface area contributed by atoms with Crippen LogP contribution >= 0.6 is 22.9 Å². The van der Waals surface area contributed by atoms with Crippen LogP contribution in [0.2, 0.25) is 5.02 Å². The first-order valence-electron chi connectivity index (χ1n) is 5.61. The lowest BCUT2D eigenvalue weighted by molar-refractivity contribution is 0.374. The number of nitrogens with zero attached hydrogens (tertiary/aromatic N) is 1. The van der Waals surface area contributed by atoms with Crippen molar-refractivity contribution in [3.8, 4) is 22.1 Å². The fourth-order valence-corrected chi connectivity index (χ4v) is 3.01. The third-order valence-electron chi connectivity index (χ3n) is 2.80. The second kappa shape index (κ2) is 4.72. The standard InChI is InChI=1S/C14H10ClNO2S/c1-18-11-4-2-3-9(13(11)17)14-16-10-7-8(15)5-6-12(10)19-14/h2-7,17H,1H3. The zero-order chi connectivity index (χ0) is 13.4. The monoisotopic (exact) mass is 291 g/mol. The van der Waals surface area contributed by atoms with E-state index in [2.05, 4.69) is 4.98 Å². The second-order valence-corrected chi connectivity index (χ2v) is 5.45. The minimum Gasteiger partial charge on any atom is -0.504 e. The van der Waals surface area contributed by atoms with Crippen molar-refractivity contribution < 1.29 is 9.84 Å². The number of hydrogen-bond donors (Lipinski definition) is 1. The van der Waals surface area contributed by atoms with Gasteiger partial charge in [0.1, 0.15) is 5.01 Å². The molecule has 3 aromatic rings. The van der Waals surface area contributed by atoms with E-state index < -0.39 is 0 Å². The molecule has 0 amide bonds. The van der Waals surface area contributed by atoms with Crippen LogP contribution in [-0.4, -0.2) is 17.2 Å². The van der Waals surface area contributed by atoms with Gasteiger partial charge >= 0.3 is 0 Å². The number of rotatable bonds is 2. The Balaban J connectivity index is 2.19. The number of ether oxygens (including phenoxy) is 1. The summed E-state index contributed by atoms with van der Waals surface area (Å²) in [6.07, 6.45) is 0. The third-order valence-corrected chi connectivity index (χ3v) is 4.10. The molecule has 0 radical (unpaired) electrons. The molecule has 0 bridgehead atoms. The number of phenols is 1. The van der Waals surface area contributed by atoms with Gasteiger partial charge in [-0.3, -0.25) is 0 Å². The minimum absolute atomic E-state index is 0.107. The number of benzene rings is 2. The largest absolute Gasteiger partial charge is 0.504 e. The lowest BCUT2D eigenvalue weighted by Crippen LogP contribution is -1.85. The molecule has 5 heteroatoms. The molecule has 0 atom stereocenters. The summed E-state index contributed by atoms with van der Waals surface area (Å²) in [6.45, 7) is 0. The summed E-state index contributed by atoms with van der Waals surface area (Å²) in [5.74, 6) is 0.546. The van der Waals surface area contributed by atoms with Crippen molar-refractivity contribution in [2.24, 2.45) is 0 Å². The van der Waals surface area contributed by atoms with Crippen molar-refractivity contribution >= 4 is 33.2 Å². The van der Waals surface area contributed by atoms with Gasteiger partial charge in [-0.2, -0.15) is 0 Å². The van der Waals surface area contributed by atoms with Gasteiger partial charge < -0.3 is 9.84 Å². The molecule has 3 rings (SSSR count). The van der Waals surface area contributed by atoms with Gasteiger partial charge in [0.2, 0.25) is 0 Å². The van der Waals surface area contributed by atoms with E-state index in [1.165, 1.54) is 18.4 Å². The van der Waals surface area contributed by atoms with Crippen LogP contribution in [0.15, 0.2) is 36.4 Å². The summed E-state index contributed by atoms with van der Waals surface area (Å²) in [4.78, 5) is 4.50. The van der Waals surface area contributed by atoms with Gasteiger partial charge in [-0.05, 0) is 30.3 Å². The summed E-state index contributed by atoms with van der Waals surface area (Å²) >= 11 is 7.46. The number of halogens is 1. The topological polar surface area (TPSA) is 42.4 Å². The first-order valence-corrected chi connectivity index (χ1v) is 6.81. The summed E-state index contributed by atoms with van der Waals surface area (Å²) < 4.78 is 6.14. The van der Waals surface area contributed by atoms with Crippen molar-refractivity contribution in [3.63, 3.8) is 0 Å². The number of aromatic hydroxyl groups is 1. The van der Waals surface area contributed by atoms with Crippen LogP contribution in [0.1, 0.15) is 0 Å². The maximum absolute atomic E-state index is 10.1. The zero-order valence-electron chi connectivity index (χ0n) is 10.1. The van der Waals surface area contributed by atoms with Crippen molar-refractivity contribution in [1.29, 1.82) is 0 Å². The molecule has 3 nitrogen and oxygen atoms in total. The predicted octanol–water partition coefficient (Wildman–Crippen LogP) is 4.33. The highest BCUT2D eigenvalue weighted by atomic mass is 35.5. The molecule has 1 N–H and O–H groups in total. The molecule has 0 aliphatic heterocycles. The SMILES string of the molecule is COc1cccc(-c2nc3cc(Cl)ccc3s2)c1O. The van der Waals surface area contributed by atoms with Gasteiger partial charge in [0.05, 0.1) is 22.9 Å². The summed E-state index contributed by atoms with van der Waals surface area (Å²) in [5.41, 5.74) is 1.49. The van der Waals surface area contributed by atoms with Gasteiger partial charge in [-0.25, -0.2) is 4.98 Å². The fourth-order valence-electron chi connectivity index (χ4n) is 1.88. The third kappa shape index (κ3) is 2.13. The Labute approximate surface area is 119 Å². The molecule has 1 aromatic heterocycles. The number of hydrogen-bond acceptors (Lipinski definition) is 4. The van der Waals surface area contributed by atoms with Crippen LogP contribution in [0, 0.1) is 0 Å². The quantitative estimate of drug-likeness (QED) is 0.764. The Morgan fingerprint density at radius 2 is 2.11 bits per heavy atom. The van der Waals surface area contributed by atoms with E-state index in [-0.39, 0.29) is 5.75 Å². The van der Waals surface area contributed by atoms with Crippen LogP contribution in [-0.2, 0) is 0 Å². The van der Waals surface area contributed by atoms with Gasteiger partial charge in [-0.15, -0.1) is 11.3 Å². The van der Waals surface area contributed by atoms with Crippen molar-refractivity contribution in [2.45, 2.75) is 0 Å². The predicted molar refractivity (Wildman–Crippen MR) is 78.3 cm³/mol. The van der Waals surface area contributed by atoms with E-state index in [1.54, 1.807) is 6.07 Å². The highest BCUT2D eigenvalue weighted by Gasteiger charge is 2.13. The average Bonchev–Trinajstić information content (AvgIpc) is 2.81. The first kappa shape index (κ1) is 12.3. The number of methoxy groups -OCH3 is 1. The highest BCUT2D eigenvalue weighted by molar-refractivity contribution is 7.21. The summed E-state index contributed by atoms with van der Waals surface area (Å²) in [7, 11) is 1.52. The number of aromatic nitrogens is 1. The van der Waals surface area contributed by atoms with Crippen molar-refractivity contribution in [1.82, 2.24) is 4.98 Å². The second-order valence-electron chi connectivity index (χ2n) is 3.99. The number of para-hydroxylation sites is 1. The molecule has 0 saturated heterocycles. The maximum atomic E-state index is 10.1. The molecule has 19 heavy (non-hydrogen) atoms. The minimum atomic E-state index is 0.107. The Morgan fingerprint density at radius 1 is 1.26 bits per heavy atom. The molecule has 0 spiro atoms. The van der Waals surface area contributed by atoms with Crippen LogP contribution in [0.4, 0.5) is 0 Å². The molecule has 0 aliphatic rings. The van der Waals surface area contributed by atoms with Gasteiger partial charge in [-0.1, -0.05) is 17.7 Å². The number of phenolic OH excluding ortho intramolecular Hbond substituents is 1. The fraction of sp³-hybridized carbons (Fsp3) is 0.0714. The molecule has 0 aliphatic carbocycles. The Morgan fingerprint density at radius 3 is 2.89 bits per heavy atom. The average molecular weight is 292 g/mol. The normalized spacial score (nSPS) is 10.8. The van der Waals surface area contributed by atoms with Crippen LogP contribution in [0.5, 0.6) is 11.5 Å². The molecular formula is C14H10ClNO2S. The number of fused-ring (bicyclic) bond motifs is 1. The first-order chi connectivity index (χ1) is 9.19. The molecule has 2 aromatic carbocycles. The molecule has 0 unspecified atom stereocenters. The maximum Gasteiger partial charge on any atom is 0.168 e. The van der Waals surface area contributed by atoms with E-state index in [9.17, 15) is 5.11 Å². The zero-order valence-corrected chi connectivity index (χ0v) is 11.6. The van der Waals surface area contributed by atoms with E-state index in [4.69, 9.17) is 16.3 Å². The smallest absolute Gasteiger partial charge is 0.168 e. The lowest BCUT2D eigenvalue weighted by Gasteiger charge is -2.05. The lowest BCUT2D eigenvalue weighted by atomic mass is 10.2. The van der Waals surface area contributed by atoms with Crippen molar-refractivity contribution in [2.75, 3.05) is 7.11 Å². The molecule has 96 valence electrons. The highest BCUT2D eigenvalue weighted by Crippen LogP contribution is 2.40. The van der Waals surface area contributed by atoms with E-state index in [1.807, 2.05) is 30.3 Å². The molecule has 1 heterocycles. The van der Waals surface area contributed by atoms with E-state index in [0.717, 1.165) is 15.2 Å². The summed E-state index contributed by atoms with van der Waals surface area (Å²) in [5, 5.41) is 11.5. The van der Waals surface area contributed by atoms with Crippen molar-refractivity contribution in [3.05, 3.63) is 41.4 Å². The Kier molecular flexibility index (Phi) is 3.05. The van der Waals surface area contributed by atoms with Gasteiger partial charge in [0.15, 0.2) is 11.5 Å². The van der Waals surface area contributed by atoms with Crippen LogP contribution in [0.25, 0.3) is 20.8 Å². The number of thiazole rings is 1. The van der Waals surface area contributed by atoms with Crippen LogP contribution < -0.4 is 4.74 Å². The van der Waals surface area contributed by atoms with Crippen LogP contribution in [0.3, 0.4) is 0 Å². The Hall–Kier alpha value is -1.78. The Bertz CT molecular complexity index is 754. The summed E-state index contributed by atoms with van der Waals surface area (Å²) in [6, 6.07) is 10.9. The van der Waals surface area contributed by atoms with E-state index >= 15 is 0 Å². The molecule has 0 saturated carbocycles. The van der Waals surface area contributed by atoms with E-state index in [0.29, 0.717) is 16.3 Å². The van der Waals surface area contributed by atoms with Gasteiger partial charge in [0.25, 0.3) is 0 Å².